The highest BCUT2D eigenvalue weighted by Crippen LogP contribution is 2.21. The molecule has 5 nitrogen and oxygen atoms in total. The second kappa shape index (κ2) is 7.49. The van der Waals surface area contributed by atoms with Crippen LogP contribution in [-0.2, 0) is 11.2 Å². The quantitative estimate of drug-likeness (QED) is 0.842. The Morgan fingerprint density at radius 2 is 2.21 bits per heavy atom. The molecule has 0 radical (unpaired) electrons. The van der Waals surface area contributed by atoms with Gasteiger partial charge in [0.1, 0.15) is 0 Å². The van der Waals surface area contributed by atoms with Crippen molar-refractivity contribution in [3.8, 4) is 0 Å². The van der Waals surface area contributed by atoms with Crippen LogP contribution in [0.15, 0.2) is 36.4 Å². The number of hydrogen-bond acceptors (Lipinski definition) is 3. The first-order valence-electron chi connectivity index (χ1n) is 8.12. The third kappa shape index (κ3) is 4.14. The molecule has 0 unspecified atom stereocenters. The van der Waals surface area contributed by atoms with Gasteiger partial charge in [-0.25, -0.2) is 4.79 Å². The van der Waals surface area contributed by atoms with Crippen molar-refractivity contribution in [1.82, 2.24) is 5.32 Å². The molecule has 126 valence electrons. The average Bonchev–Trinajstić information content (AvgIpc) is 3.16. The van der Waals surface area contributed by atoms with Crippen LogP contribution in [0, 0.1) is 6.92 Å². The number of rotatable bonds is 6. The van der Waals surface area contributed by atoms with Crippen molar-refractivity contribution in [3.05, 3.63) is 46.2 Å². The molecule has 1 aromatic heterocycles. The van der Waals surface area contributed by atoms with Gasteiger partial charge in [-0.15, -0.1) is 11.3 Å². The lowest BCUT2D eigenvalue weighted by atomic mass is 10.2. The van der Waals surface area contributed by atoms with Crippen LogP contribution in [-0.4, -0.2) is 25.0 Å². The molecule has 0 aliphatic carbocycles. The lowest BCUT2D eigenvalue weighted by molar-refractivity contribution is -0.116. The molecule has 0 spiro atoms. The van der Waals surface area contributed by atoms with Crippen LogP contribution in [0.4, 0.5) is 16.2 Å². The van der Waals surface area contributed by atoms with E-state index in [1.807, 2.05) is 24.3 Å². The van der Waals surface area contributed by atoms with E-state index in [0.29, 0.717) is 19.5 Å². The number of carbonyl (C=O) groups is 2. The van der Waals surface area contributed by atoms with E-state index in [4.69, 9.17) is 0 Å². The Morgan fingerprint density at radius 1 is 1.33 bits per heavy atom. The Balaban J connectivity index is 1.51. The number of urea groups is 1. The maximum absolute atomic E-state index is 12.1. The lowest BCUT2D eigenvalue weighted by Gasteiger charge is -2.15. The van der Waals surface area contributed by atoms with Crippen LogP contribution in [0.3, 0.4) is 0 Å². The molecular formula is C18H21N3O2S. The maximum atomic E-state index is 12.1. The fourth-order valence-electron chi connectivity index (χ4n) is 2.74. The van der Waals surface area contributed by atoms with E-state index in [2.05, 4.69) is 29.7 Å². The van der Waals surface area contributed by atoms with Crippen molar-refractivity contribution < 1.29 is 9.59 Å². The van der Waals surface area contributed by atoms with Crippen molar-refractivity contribution in [1.29, 1.82) is 0 Å². The van der Waals surface area contributed by atoms with Crippen LogP contribution in [0.2, 0.25) is 0 Å². The first kappa shape index (κ1) is 16.5. The zero-order valence-corrected chi connectivity index (χ0v) is 14.5. The van der Waals surface area contributed by atoms with Crippen LogP contribution in [0.25, 0.3) is 0 Å². The van der Waals surface area contributed by atoms with Gasteiger partial charge in [0.05, 0.1) is 0 Å². The normalized spacial score (nSPS) is 13.9. The first-order chi connectivity index (χ1) is 11.6. The van der Waals surface area contributed by atoms with Crippen LogP contribution < -0.4 is 15.5 Å². The molecule has 2 heterocycles. The monoisotopic (exact) mass is 343 g/mol. The maximum Gasteiger partial charge on any atom is 0.321 e. The minimum atomic E-state index is -0.0929. The minimum absolute atomic E-state index is 0.00583. The van der Waals surface area contributed by atoms with E-state index in [1.54, 1.807) is 16.2 Å². The minimum Gasteiger partial charge on any atom is -0.336 e. The van der Waals surface area contributed by atoms with Gasteiger partial charge in [-0.2, -0.15) is 0 Å². The molecule has 2 aromatic rings. The Morgan fingerprint density at radius 3 is 2.92 bits per heavy atom. The summed E-state index contributed by atoms with van der Waals surface area (Å²) in [4.78, 5) is 28.1. The molecule has 0 saturated carbocycles. The molecule has 3 rings (SSSR count). The van der Waals surface area contributed by atoms with E-state index in [-0.39, 0.29) is 11.9 Å². The zero-order chi connectivity index (χ0) is 16.9. The van der Waals surface area contributed by atoms with Crippen LogP contribution >= 0.6 is 11.3 Å². The SMILES string of the molecule is Cc1ccc(CCCC(=O)Nc2cccc(N3CCNC3=O)c2)s1. The van der Waals surface area contributed by atoms with Crippen molar-refractivity contribution in [2.24, 2.45) is 0 Å². The Labute approximate surface area is 145 Å². The van der Waals surface area contributed by atoms with E-state index < -0.39 is 0 Å². The number of amides is 3. The first-order valence-corrected chi connectivity index (χ1v) is 8.94. The van der Waals surface area contributed by atoms with Crippen molar-refractivity contribution >= 4 is 34.6 Å². The molecule has 2 N–H and O–H groups in total. The molecule has 1 aliphatic rings. The second-order valence-corrected chi connectivity index (χ2v) is 7.22. The summed E-state index contributed by atoms with van der Waals surface area (Å²) in [6.45, 7) is 3.39. The van der Waals surface area contributed by atoms with Gasteiger partial charge in [-0.1, -0.05) is 6.07 Å². The molecule has 1 saturated heterocycles. The van der Waals surface area contributed by atoms with Crippen molar-refractivity contribution in [3.63, 3.8) is 0 Å². The number of carbonyl (C=O) groups excluding carboxylic acids is 2. The number of thiophene rings is 1. The van der Waals surface area contributed by atoms with Crippen LogP contribution in [0.1, 0.15) is 22.6 Å². The van der Waals surface area contributed by atoms with Gasteiger partial charge in [0.15, 0.2) is 0 Å². The molecule has 3 amide bonds. The Kier molecular flexibility index (Phi) is 5.15. The van der Waals surface area contributed by atoms with Crippen molar-refractivity contribution in [2.75, 3.05) is 23.3 Å². The van der Waals surface area contributed by atoms with Gasteiger partial charge in [-0.3, -0.25) is 9.69 Å². The lowest BCUT2D eigenvalue weighted by Crippen LogP contribution is -2.27. The number of nitrogens with zero attached hydrogens (tertiary/aromatic N) is 1. The van der Waals surface area contributed by atoms with Gasteiger partial charge in [0, 0.05) is 40.6 Å². The summed E-state index contributed by atoms with van der Waals surface area (Å²) in [5.41, 5.74) is 1.53. The second-order valence-electron chi connectivity index (χ2n) is 5.85. The van der Waals surface area contributed by atoms with Crippen molar-refractivity contribution in [2.45, 2.75) is 26.2 Å². The molecule has 24 heavy (non-hydrogen) atoms. The topological polar surface area (TPSA) is 61.4 Å². The van der Waals surface area contributed by atoms with E-state index >= 15 is 0 Å². The van der Waals surface area contributed by atoms with Gasteiger partial charge in [0.25, 0.3) is 0 Å². The largest absolute Gasteiger partial charge is 0.336 e. The molecule has 6 heteroatoms. The number of benzene rings is 1. The molecular weight excluding hydrogens is 322 g/mol. The molecule has 0 atom stereocenters. The Bertz CT molecular complexity index is 741. The third-order valence-corrected chi connectivity index (χ3v) is 4.98. The fourth-order valence-corrected chi connectivity index (χ4v) is 3.67. The summed E-state index contributed by atoms with van der Waals surface area (Å²) in [6, 6.07) is 11.6. The summed E-state index contributed by atoms with van der Waals surface area (Å²) >= 11 is 1.78. The van der Waals surface area contributed by atoms with Gasteiger partial charge < -0.3 is 10.6 Å². The van der Waals surface area contributed by atoms with Gasteiger partial charge >= 0.3 is 6.03 Å². The molecule has 1 aliphatic heterocycles. The van der Waals surface area contributed by atoms with Gasteiger partial charge in [0.2, 0.25) is 5.91 Å². The highest BCUT2D eigenvalue weighted by Gasteiger charge is 2.21. The smallest absolute Gasteiger partial charge is 0.321 e. The Hall–Kier alpha value is -2.34. The summed E-state index contributed by atoms with van der Waals surface area (Å²) < 4.78 is 0. The summed E-state index contributed by atoms with van der Waals surface area (Å²) in [6.07, 6.45) is 2.26. The summed E-state index contributed by atoms with van der Waals surface area (Å²) in [5, 5.41) is 5.69. The van der Waals surface area contributed by atoms with E-state index in [0.717, 1.165) is 24.2 Å². The summed E-state index contributed by atoms with van der Waals surface area (Å²) in [5.74, 6) is 0.00583. The number of nitrogens with one attached hydrogen (secondary N) is 2. The predicted octanol–water partition coefficient (Wildman–Crippen LogP) is 3.55. The summed E-state index contributed by atoms with van der Waals surface area (Å²) in [7, 11) is 0. The van der Waals surface area contributed by atoms with Crippen LogP contribution in [0.5, 0.6) is 0 Å². The third-order valence-electron chi connectivity index (χ3n) is 3.92. The predicted molar refractivity (Wildman–Crippen MR) is 97.8 cm³/mol. The average molecular weight is 343 g/mol. The standard InChI is InChI=1S/C18H21N3O2S/c1-13-8-9-16(24-13)6-3-7-17(22)20-14-4-2-5-15(12-14)21-11-10-19-18(21)23/h2,4-5,8-9,12H,3,6-7,10-11H2,1H3,(H,19,23)(H,20,22). The highest BCUT2D eigenvalue weighted by atomic mass is 32.1. The van der Waals surface area contributed by atoms with E-state index in [1.165, 1.54) is 9.75 Å². The number of aryl methyl sites for hydroxylation is 2. The molecule has 1 aromatic carbocycles. The molecule has 0 bridgehead atoms. The van der Waals surface area contributed by atoms with Gasteiger partial charge in [-0.05, 0) is 50.1 Å². The number of anilines is 2. The highest BCUT2D eigenvalue weighted by molar-refractivity contribution is 7.11. The number of hydrogen-bond donors (Lipinski definition) is 2. The zero-order valence-electron chi connectivity index (χ0n) is 13.7. The van der Waals surface area contributed by atoms with E-state index in [9.17, 15) is 9.59 Å². The fraction of sp³-hybridized carbons (Fsp3) is 0.333. The molecule has 1 fully saturated rings.